The summed E-state index contributed by atoms with van der Waals surface area (Å²) in [4.78, 5) is 21.3. The summed E-state index contributed by atoms with van der Waals surface area (Å²) in [7, 11) is 0. The lowest BCUT2D eigenvalue weighted by molar-refractivity contribution is -0.389. The third kappa shape index (κ3) is 3.70. The molecule has 1 aromatic carbocycles. The normalized spacial score (nSPS) is 20.0. The second kappa shape index (κ2) is 7.33. The van der Waals surface area contributed by atoms with Gasteiger partial charge in [-0.2, -0.15) is 0 Å². The summed E-state index contributed by atoms with van der Waals surface area (Å²) in [5.74, 6) is -1.47. The molecule has 32 heavy (non-hydrogen) atoms. The Balaban J connectivity index is 1.33. The van der Waals surface area contributed by atoms with E-state index in [2.05, 4.69) is 9.88 Å². The molecule has 0 N–H and O–H groups in total. The van der Waals surface area contributed by atoms with E-state index in [0.717, 1.165) is 29.4 Å². The monoisotopic (exact) mass is 441 g/mol. The Bertz CT molecular complexity index is 1200. The number of nitro groups is 1. The van der Waals surface area contributed by atoms with Crippen molar-refractivity contribution in [2.75, 3.05) is 13.1 Å². The lowest BCUT2D eigenvalue weighted by Crippen LogP contribution is -2.46. The number of nitrogens with zero attached hydrogens (tertiary/aromatic N) is 5. The molecule has 2 aromatic heterocycles. The second-order valence-electron chi connectivity index (χ2n) is 8.69. The Morgan fingerprint density at radius 1 is 1.22 bits per heavy atom. The molecular weight excluding hydrogens is 420 g/mol. The summed E-state index contributed by atoms with van der Waals surface area (Å²) in [6.45, 7) is 6.48. The van der Waals surface area contributed by atoms with Gasteiger partial charge in [0.2, 0.25) is 0 Å². The number of ether oxygens (including phenoxy) is 1. The SMILES string of the molecule is Cc1cc(-c2cc(F)cc(F)c2)nc2c1CN(C[C@@]1(C)Cn3cc([N+](=O)[O-])nc3O1)CC2. The maximum atomic E-state index is 13.6. The van der Waals surface area contributed by atoms with Gasteiger partial charge in [-0.25, -0.2) is 8.78 Å². The van der Waals surface area contributed by atoms with Gasteiger partial charge in [0, 0.05) is 48.4 Å². The average Bonchev–Trinajstić information content (AvgIpc) is 3.22. The van der Waals surface area contributed by atoms with Crippen molar-refractivity contribution in [1.29, 1.82) is 0 Å². The Hall–Kier alpha value is -3.40. The van der Waals surface area contributed by atoms with E-state index in [9.17, 15) is 18.9 Å². The molecule has 1 atom stereocenters. The van der Waals surface area contributed by atoms with Crippen LogP contribution in [0.1, 0.15) is 23.7 Å². The van der Waals surface area contributed by atoms with Crippen molar-refractivity contribution in [3.8, 4) is 17.3 Å². The number of aromatic nitrogens is 3. The molecule has 10 heteroatoms. The first-order valence-electron chi connectivity index (χ1n) is 10.3. The number of imidazole rings is 1. The zero-order chi connectivity index (χ0) is 22.6. The van der Waals surface area contributed by atoms with Crippen molar-refractivity contribution in [2.24, 2.45) is 0 Å². The lowest BCUT2D eigenvalue weighted by atomic mass is 9.96. The topological polar surface area (TPSA) is 86.3 Å². The predicted octanol–water partition coefficient (Wildman–Crippen LogP) is 3.65. The van der Waals surface area contributed by atoms with Crippen LogP contribution >= 0.6 is 0 Å². The molecule has 8 nitrogen and oxygen atoms in total. The van der Waals surface area contributed by atoms with Crippen molar-refractivity contribution in [3.05, 3.63) is 69.0 Å². The molecule has 2 aliphatic heterocycles. The van der Waals surface area contributed by atoms with Gasteiger partial charge in [0.05, 0.1) is 12.2 Å². The van der Waals surface area contributed by atoms with E-state index < -0.39 is 22.2 Å². The molecule has 0 unspecified atom stereocenters. The fourth-order valence-corrected chi connectivity index (χ4v) is 4.58. The molecule has 0 saturated heterocycles. The highest BCUT2D eigenvalue weighted by Gasteiger charge is 2.42. The second-order valence-corrected chi connectivity index (χ2v) is 8.69. The summed E-state index contributed by atoms with van der Waals surface area (Å²) in [6, 6.07) is 5.56. The van der Waals surface area contributed by atoms with Crippen LogP contribution in [0.2, 0.25) is 0 Å². The molecule has 0 spiro atoms. The molecule has 4 heterocycles. The van der Waals surface area contributed by atoms with Crippen LogP contribution in [0.15, 0.2) is 30.5 Å². The quantitative estimate of drug-likeness (QED) is 0.454. The smallest absolute Gasteiger partial charge is 0.415 e. The number of rotatable bonds is 4. The highest BCUT2D eigenvalue weighted by molar-refractivity contribution is 5.61. The summed E-state index contributed by atoms with van der Waals surface area (Å²) < 4.78 is 34.9. The van der Waals surface area contributed by atoms with E-state index in [0.29, 0.717) is 37.3 Å². The average molecular weight is 441 g/mol. The molecule has 2 aliphatic rings. The van der Waals surface area contributed by atoms with Crippen molar-refractivity contribution >= 4 is 5.82 Å². The van der Waals surface area contributed by atoms with Gasteiger partial charge in [-0.15, -0.1) is 0 Å². The van der Waals surface area contributed by atoms with Crippen LogP contribution in [0.4, 0.5) is 14.6 Å². The number of aryl methyl sites for hydroxylation is 1. The Labute approximate surface area is 182 Å². The Morgan fingerprint density at radius 2 is 1.97 bits per heavy atom. The van der Waals surface area contributed by atoms with Crippen molar-refractivity contribution in [1.82, 2.24) is 19.4 Å². The Kier molecular flexibility index (Phi) is 4.70. The molecule has 0 bridgehead atoms. The standard InChI is InChI=1S/C22H21F2N5O3/c1-13-5-19(14-6-15(23)8-16(24)7-14)25-18-3-4-27(9-17(13)18)11-22(2)12-28-10-20(29(30)31)26-21(28)32-22/h5-8,10H,3-4,9,11-12H2,1-2H3/t22-/m0/s1. The summed E-state index contributed by atoms with van der Waals surface area (Å²) in [5.41, 5.74) is 3.49. The van der Waals surface area contributed by atoms with E-state index in [1.54, 1.807) is 4.57 Å². The summed E-state index contributed by atoms with van der Waals surface area (Å²) in [5, 5.41) is 10.9. The molecule has 166 valence electrons. The molecule has 3 aromatic rings. The van der Waals surface area contributed by atoms with Crippen molar-refractivity contribution < 1.29 is 18.4 Å². The molecule has 0 saturated carbocycles. The first kappa shape index (κ1) is 20.5. The zero-order valence-corrected chi connectivity index (χ0v) is 17.6. The maximum Gasteiger partial charge on any atom is 0.415 e. The summed E-state index contributed by atoms with van der Waals surface area (Å²) in [6.07, 6.45) is 2.10. The van der Waals surface area contributed by atoms with E-state index in [1.165, 1.54) is 18.3 Å². The fraction of sp³-hybridized carbons (Fsp3) is 0.364. The van der Waals surface area contributed by atoms with Crippen LogP contribution in [-0.4, -0.2) is 43.0 Å². The van der Waals surface area contributed by atoms with Gasteiger partial charge in [0.1, 0.15) is 23.4 Å². The molecule has 0 fully saturated rings. The van der Waals surface area contributed by atoms with E-state index in [1.807, 2.05) is 19.9 Å². The van der Waals surface area contributed by atoms with Gasteiger partial charge in [-0.3, -0.25) is 14.5 Å². The van der Waals surface area contributed by atoms with Crippen molar-refractivity contribution in [3.63, 3.8) is 0 Å². The van der Waals surface area contributed by atoms with Crippen LogP contribution < -0.4 is 4.74 Å². The fourth-order valence-electron chi connectivity index (χ4n) is 4.58. The van der Waals surface area contributed by atoms with Crippen LogP contribution in [0.25, 0.3) is 11.3 Å². The third-order valence-corrected chi connectivity index (χ3v) is 5.95. The van der Waals surface area contributed by atoms with E-state index >= 15 is 0 Å². The van der Waals surface area contributed by atoms with Gasteiger partial charge in [0.15, 0.2) is 0 Å². The molecular formula is C22H21F2N5O3. The van der Waals surface area contributed by atoms with Crippen LogP contribution in [0, 0.1) is 28.7 Å². The lowest BCUT2D eigenvalue weighted by Gasteiger charge is -2.34. The number of halogens is 2. The predicted molar refractivity (Wildman–Crippen MR) is 111 cm³/mol. The molecule has 0 aliphatic carbocycles. The van der Waals surface area contributed by atoms with Crippen molar-refractivity contribution in [2.45, 2.75) is 39.0 Å². The highest BCUT2D eigenvalue weighted by atomic mass is 19.1. The molecule has 5 rings (SSSR count). The summed E-state index contributed by atoms with van der Waals surface area (Å²) >= 11 is 0. The minimum atomic E-state index is -0.626. The van der Waals surface area contributed by atoms with Gasteiger partial charge in [0.25, 0.3) is 0 Å². The maximum absolute atomic E-state index is 13.6. The minimum absolute atomic E-state index is 0.218. The van der Waals surface area contributed by atoms with Crippen LogP contribution in [0.3, 0.4) is 0 Å². The number of hydrogen-bond acceptors (Lipinski definition) is 6. The van der Waals surface area contributed by atoms with E-state index in [-0.39, 0.29) is 11.8 Å². The molecule has 0 radical (unpaired) electrons. The largest absolute Gasteiger partial charge is 0.436 e. The first-order chi connectivity index (χ1) is 15.2. The van der Waals surface area contributed by atoms with Gasteiger partial charge in [-0.05, 0) is 48.1 Å². The third-order valence-electron chi connectivity index (χ3n) is 5.95. The van der Waals surface area contributed by atoms with Crippen LogP contribution in [0.5, 0.6) is 6.01 Å². The molecule has 0 amide bonds. The minimum Gasteiger partial charge on any atom is -0.436 e. The number of pyridine rings is 1. The number of benzene rings is 1. The van der Waals surface area contributed by atoms with Gasteiger partial charge in [-0.1, -0.05) is 0 Å². The van der Waals surface area contributed by atoms with Gasteiger partial charge >= 0.3 is 11.8 Å². The van der Waals surface area contributed by atoms with E-state index in [4.69, 9.17) is 9.72 Å². The van der Waals surface area contributed by atoms with Crippen LogP contribution in [-0.2, 0) is 19.5 Å². The number of hydrogen-bond donors (Lipinski definition) is 0. The Morgan fingerprint density at radius 3 is 2.66 bits per heavy atom. The van der Waals surface area contributed by atoms with Gasteiger partial charge < -0.3 is 14.9 Å². The first-order valence-corrected chi connectivity index (χ1v) is 10.3. The highest BCUT2D eigenvalue weighted by Crippen LogP contribution is 2.33. The zero-order valence-electron chi connectivity index (χ0n) is 17.6. The number of fused-ring (bicyclic) bond motifs is 2.